The van der Waals surface area contributed by atoms with Gasteiger partial charge in [-0.1, -0.05) is 5.16 Å². The fourth-order valence-corrected chi connectivity index (χ4v) is 8.38. The summed E-state index contributed by atoms with van der Waals surface area (Å²) in [5, 5.41) is 26.0. The van der Waals surface area contributed by atoms with Gasteiger partial charge in [0.25, 0.3) is 11.8 Å². The second-order valence-electron chi connectivity index (χ2n) is 8.66. The van der Waals surface area contributed by atoms with E-state index in [1.807, 2.05) is 0 Å². The third kappa shape index (κ3) is 5.96. The molecule has 5 rings (SSSR count). The van der Waals surface area contributed by atoms with Gasteiger partial charge >= 0.3 is 11.9 Å². The maximum absolute atomic E-state index is 13.7. The van der Waals surface area contributed by atoms with Crippen molar-refractivity contribution < 1.29 is 38.6 Å². The number of halogens is 1. The van der Waals surface area contributed by atoms with Crippen LogP contribution < -0.4 is 16.5 Å². The number of nitrogens with one attached hydrogen (secondary N) is 1. The summed E-state index contributed by atoms with van der Waals surface area (Å²) in [5.74, 6) is -4.33. The molecular formula is C24H18FN5O8S4. The summed E-state index contributed by atoms with van der Waals surface area (Å²) in [7, 11) is 0. The van der Waals surface area contributed by atoms with Crippen molar-refractivity contribution in [2.24, 2.45) is 5.16 Å². The molecule has 1 aromatic carbocycles. The number of nitrogens with two attached hydrogens (primary N) is 1. The predicted molar refractivity (Wildman–Crippen MR) is 155 cm³/mol. The number of anilines is 1. The average molecular weight is 652 g/mol. The largest absolute Gasteiger partial charge is 0.479 e. The minimum atomic E-state index is -1.33. The first-order valence-electron chi connectivity index (χ1n) is 11.7. The van der Waals surface area contributed by atoms with Crippen LogP contribution in [0.25, 0.3) is 10.1 Å². The van der Waals surface area contributed by atoms with E-state index < -0.39 is 53.3 Å². The number of carboxylic acid groups (broad SMARTS) is 2. The van der Waals surface area contributed by atoms with Crippen LogP contribution in [0, 0.1) is 5.82 Å². The number of fused-ring (bicyclic) bond motifs is 2. The monoisotopic (exact) mass is 651 g/mol. The molecule has 0 unspecified atom stereocenters. The van der Waals surface area contributed by atoms with E-state index in [0.717, 1.165) is 16.2 Å². The van der Waals surface area contributed by atoms with Gasteiger partial charge in [-0.25, -0.2) is 19.0 Å². The van der Waals surface area contributed by atoms with Crippen LogP contribution in [0.5, 0.6) is 0 Å². The SMILES string of the molecule is Nc1nc(C(=NOCC(=O)O)C(=O)N[C@@H]2C(=O)N3C(C(=O)O)=C(CSc4cc(=O)c5ccc(F)cc5s4)CS[C@@H]23)cs1. The Bertz CT molecular complexity index is 1760. The molecule has 0 aliphatic carbocycles. The highest BCUT2D eigenvalue weighted by Crippen LogP contribution is 2.42. The second-order valence-corrected chi connectivity index (χ2v) is 13.0. The van der Waals surface area contributed by atoms with Crippen LogP contribution in [0.1, 0.15) is 5.69 Å². The lowest BCUT2D eigenvalue weighted by molar-refractivity contribution is -0.150. The molecule has 4 heterocycles. The van der Waals surface area contributed by atoms with Gasteiger partial charge in [0.05, 0.1) is 4.21 Å². The van der Waals surface area contributed by atoms with Crippen molar-refractivity contribution in [2.45, 2.75) is 15.6 Å². The fraction of sp³-hybridized carbons (Fsp3) is 0.208. The lowest BCUT2D eigenvalue weighted by Crippen LogP contribution is -2.71. The van der Waals surface area contributed by atoms with E-state index in [-0.39, 0.29) is 33.5 Å². The normalized spacial score (nSPS) is 18.5. The number of thioether (sulfide) groups is 2. The van der Waals surface area contributed by atoms with E-state index in [1.165, 1.54) is 64.5 Å². The Morgan fingerprint density at radius 2 is 2.05 bits per heavy atom. The van der Waals surface area contributed by atoms with Gasteiger partial charge in [0.15, 0.2) is 16.3 Å². The van der Waals surface area contributed by atoms with Gasteiger partial charge in [-0.3, -0.25) is 19.3 Å². The van der Waals surface area contributed by atoms with Crippen molar-refractivity contribution >= 4 is 90.9 Å². The van der Waals surface area contributed by atoms with Crippen molar-refractivity contribution in [1.29, 1.82) is 0 Å². The number of hydrogen-bond acceptors (Lipinski definition) is 13. The van der Waals surface area contributed by atoms with E-state index in [0.29, 0.717) is 19.9 Å². The van der Waals surface area contributed by atoms with Gasteiger partial charge in [0, 0.05) is 33.0 Å². The zero-order valence-corrected chi connectivity index (χ0v) is 24.2. The summed E-state index contributed by atoms with van der Waals surface area (Å²) in [5.41, 5.74) is 5.16. The molecule has 2 atom stereocenters. The zero-order valence-electron chi connectivity index (χ0n) is 20.9. The zero-order chi connectivity index (χ0) is 30.1. The first-order chi connectivity index (χ1) is 20.0. The number of β-lactam (4-membered cyclic amide) rings is 1. The Morgan fingerprint density at radius 1 is 1.26 bits per heavy atom. The quantitative estimate of drug-likeness (QED) is 0.107. The van der Waals surface area contributed by atoms with Crippen molar-refractivity contribution in [2.75, 3.05) is 23.8 Å². The van der Waals surface area contributed by atoms with E-state index in [4.69, 9.17) is 15.7 Å². The van der Waals surface area contributed by atoms with Crippen LogP contribution >= 0.6 is 46.2 Å². The fourth-order valence-electron chi connectivity index (χ4n) is 4.09. The number of amides is 2. The molecule has 5 N–H and O–H groups in total. The summed E-state index contributed by atoms with van der Waals surface area (Å²) in [6.07, 6.45) is 0. The third-order valence-electron chi connectivity index (χ3n) is 5.92. The van der Waals surface area contributed by atoms with E-state index >= 15 is 0 Å². The first-order valence-corrected chi connectivity index (χ1v) is 15.5. The van der Waals surface area contributed by atoms with Crippen molar-refractivity contribution in [3.63, 3.8) is 0 Å². The van der Waals surface area contributed by atoms with Gasteiger partial charge in [-0.2, -0.15) is 0 Å². The van der Waals surface area contributed by atoms with E-state index in [2.05, 4.69) is 15.5 Å². The number of rotatable bonds is 10. The molecule has 2 amide bonds. The highest BCUT2D eigenvalue weighted by Gasteiger charge is 2.54. The molecule has 0 spiro atoms. The predicted octanol–water partition coefficient (Wildman–Crippen LogP) is 1.78. The first kappa shape index (κ1) is 29.5. The number of nitrogens with zero attached hydrogens (tertiary/aromatic N) is 3. The highest BCUT2D eigenvalue weighted by atomic mass is 32.2. The molecule has 2 aromatic heterocycles. The average Bonchev–Trinajstić information content (AvgIpc) is 3.37. The van der Waals surface area contributed by atoms with Crippen LogP contribution in [-0.4, -0.2) is 79.1 Å². The van der Waals surface area contributed by atoms with Crippen molar-refractivity contribution in [3.05, 3.63) is 62.7 Å². The summed E-state index contributed by atoms with van der Waals surface area (Å²) >= 11 is 4.64. The number of benzene rings is 1. The number of nitrogen functional groups attached to an aromatic ring is 1. The number of hydrogen-bond donors (Lipinski definition) is 4. The molecule has 13 nitrogen and oxygen atoms in total. The number of aromatic nitrogens is 1. The third-order valence-corrected chi connectivity index (χ3v) is 10.3. The van der Waals surface area contributed by atoms with Crippen LogP contribution in [0.15, 0.2) is 55.1 Å². The molecule has 0 bridgehead atoms. The number of carbonyl (C=O) groups excluding carboxylic acids is 2. The number of aliphatic carboxylic acids is 2. The Morgan fingerprint density at radius 3 is 2.74 bits per heavy atom. The lowest BCUT2D eigenvalue weighted by Gasteiger charge is -2.49. The maximum atomic E-state index is 13.7. The Balaban J connectivity index is 1.32. The molecule has 42 heavy (non-hydrogen) atoms. The maximum Gasteiger partial charge on any atom is 0.352 e. The standard InChI is InChI=1S/C24H18FN5O8S4/c25-10-1-2-11-13(31)4-16(42-14(11)3-10)39-6-9-7-40-22-18(21(35)30(22)19(9)23(36)37)28-20(34)17(29-38-5-15(32)33)12-8-41-24(26)27-12/h1-4,8,18,22H,5-7H2,(H2,26,27)(H,28,34)(H,32,33)(H,36,37)/t18-,22+/m1/s1. The number of carbonyl (C=O) groups is 4. The topological polar surface area (TPSA) is 202 Å². The molecular weight excluding hydrogens is 634 g/mol. The van der Waals surface area contributed by atoms with Crippen LogP contribution in [0.4, 0.5) is 9.52 Å². The number of thiazole rings is 1. The van der Waals surface area contributed by atoms with Gasteiger partial charge in [0.1, 0.15) is 28.6 Å². The van der Waals surface area contributed by atoms with Gasteiger partial charge in [0.2, 0.25) is 6.61 Å². The Labute approximate surface area is 251 Å². The van der Waals surface area contributed by atoms with E-state index in [1.54, 1.807) is 0 Å². The summed E-state index contributed by atoms with van der Waals surface area (Å²) in [6, 6.07) is 4.19. The highest BCUT2D eigenvalue weighted by molar-refractivity contribution is 8.02. The van der Waals surface area contributed by atoms with Crippen LogP contribution in [0.2, 0.25) is 0 Å². The molecule has 2 aliphatic heterocycles. The smallest absolute Gasteiger partial charge is 0.352 e. The summed E-state index contributed by atoms with van der Waals surface area (Å²) in [6.45, 7) is -0.828. The van der Waals surface area contributed by atoms with Crippen LogP contribution in [0.3, 0.4) is 0 Å². The molecule has 0 radical (unpaired) electrons. The van der Waals surface area contributed by atoms with Gasteiger partial charge in [-0.05, 0) is 23.8 Å². The second kappa shape index (κ2) is 12.1. The molecule has 1 saturated heterocycles. The number of carboxylic acids is 2. The van der Waals surface area contributed by atoms with Crippen molar-refractivity contribution in [1.82, 2.24) is 15.2 Å². The molecule has 1 fully saturated rings. The van der Waals surface area contributed by atoms with Crippen molar-refractivity contribution in [3.8, 4) is 0 Å². The van der Waals surface area contributed by atoms with Gasteiger partial charge in [-0.15, -0.1) is 46.2 Å². The molecule has 2 aliphatic rings. The van der Waals surface area contributed by atoms with Gasteiger partial charge < -0.3 is 26.1 Å². The molecule has 0 saturated carbocycles. The molecule has 3 aromatic rings. The van der Waals surface area contributed by atoms with Crippen LogP contribution in [-0.2, 0) is 24.0 Å². The molecule has 218 valence electrons. The summed E-state index contributed by atoms with van der Waals surface area (Å²) in [4.78, 5) is 71.3. The van der Waals surface area contributed by atoms with E-state index in [9.17, 15) is 33.5 Å². The Kier molecular flexibility index (Phi) is 8.48. The molecule has 18 heteroatoms. The lowest BCUT2D eigenvalue weighted by atomic mass is 10.0. The number of oxime groups is 1. The minimum absolute atomic E-state index is 0.00415. The Hall–Kier alpha value is -4.00. The summed E-state index contributed by atoms with van der Waals surface area (Å²) < 4.78 is 14.7. The minimum Gasteiger partial charge on any atom is -0.479 e.